The van der Waals surface area contributed by atoms with Gasteiger partial charge in [-0.2, -0.15) is 0 Å². The lowest BCUT2D eigenvalue weighted by Crippen LogP contribution is -2.12. The van der Waals surface area contributed by atoms with Crippen LogP contribution in [-0.4, -0.2) is 4.57 Å². The van der Waals surface area contributed by atoms with Crippen LogP contribution in [0.15, 0.2) is 206 Å². The summed E-state index contributed by atoms with van der Waals surface area (Å²) >= 11 is 0. The van der Waals surface area contributed by atoms with Gasteiger partial charge in [-0.15, -0.1) is 0 Å². The first-order valence-electron chi connectivity index (χ1n) is 20.6. The zero-order valence-electron chi connectivity index (χ0n) is 32.5. The average Bonchev–Trinajstić information content (AvgIpc) is 3.65. The Balaban J connectivity index is 0.915. The molecule has 0 N–H and O–H groups in total. The Bertz CT molecular complexity index is 3240. The molecule has 0 saturated heterocycles. The van der Waals surface area contributed by atoms with Crippen LogP contribution in [0.2, 0.25) is 0 Å². The molecule has 1 atom stereocenters. The molecular formula is C57H39NO. The maximum atomic E-state index is 6.32. The quantitative estimate of drug-likeness (QED) is 0.171. The molecule has 2 aliphatic rings. The van der Waals surface area contributed by atoms with E-state index in [1.807, 2.05) is 0 Å². The highest BCUT2D eigenvalue weighted by molar-refractivity contribution is 6.11. The van der Waals surface area contributed by atoms with Gasteiger partial charge in [0.25, 0.3) is 0 Å². The van der Waals surface area contributed by atoms with Gasteiger partial charge in [0, 0.05) is 22.3 Å². The van der Waals surface area contributed by atoms with Crippen molar-refractivity contribution in [1.29, 1.82) is 0 Å². The number of benzene rings is 9. The molecule has 0 fully saturated rings. The molecule has 10 aromatic rings. The minimum atomic E-state index is 0.275. The lowest BCUT2D eigenvalue weighted by Gasteiger charge is -2.29. The number of nitrogens with zero attached hydrogens (tertiary/aromatic N) is 1. The first-order chi connectivity index (χ1) is 29.2. The highest BCUT2D eigenvalue weighted by atomic mass is 16.5. The summed E-state index contributed by atoms with van der Waals surface area (Å²) in [5.74, 6) is 1.21. The molecule has 0 saturated carbocycles. The average molecular weight is 754 g/mol. The van der Waals surface area contributed by atoms with Gasteiger partial charge in [0.15, 0.2) is 0 Å². The van der Waals surface area contributed by atoms with E-state index in [0.717, 1.165) is 23.4 Å². The van der Waals surface area contributed by atoms with Crippen LogP contribution in [0.3, 0.4) is 0 Å². The highest BCUT2D eigenvalue weighted by Gasteiger charge is 2.27. The number of hydrogen-bond acceptors (Lipinski definition) is 1. The fraction of sp³-hybridized carbons (Fsp3) is 0.0526. The zero-order valence-corrected chi connectivity index (χ0v) is 32.5. The largest absolute Gasteiger partial charge is 0.488 e. The van der Waals surface area contributed by atoms with Crippen molar-refractivity contribution in [3.8, 4) is 67.1 Å². The molecule has 0 radical (unpaired) electrons. The third kappa shape index (κ3) is 5.56. The van der Waals surface area contributed by atoms with E-state index in [2.05, 4.69) is 211 Å². The number of ether oxygens (including phenoxy) is 1. The van der Waals surface area contributed by atoms with E-state index >= 15 is 0 Å². The molecule has 0 spiro atoms. The third-order valence-corrected chi connectivity index (χ3v) is 12.7. The molecule has 2 heteroatoms. The SMILES string of the molecule is c1ccc(-c2ccc(-c3cccc(C4Cc5ccc(-c6ccc7c(c6)c6ccccc6n7-c6cccc7c6-c6ccccc6CO7)cc5-c5ccccc54)c3)cc2)cc1. The van der Waals surface area contributed by atoms with Crippen LogP contribution in [0.1, 0.15) is 28.2 Å². The van der Waals surface area contributed by atoms with E-state index in [0.29, 0.717) is 6.61 Å². The molecule has 0 amide bonds. The Hall–Kier alpha value is -7.42. The van der Waals surface area contributed by atoms with E-state index in [1.54, 1.807) is 0 Å². The van der Waals surface area contributed by atoms with Crippen molar-refractivity contribution in [3.63, 3.8) is 0 Å². The van der Waals surface area contributed by atoms with Gasteiger partial charge < -0.3 is 9.30 Å². The van der Waals surface area contributed by atoms with Gasteiger partial charge >= 0.3 is 0 Å². The Kier molecular flexibility index (Phi) is 7.77. The molecule has 1 aromatic heterocycles. The van der Waals surface area contributed by atoms with E-state index in [1.165, 1.54) is 94.1 Å². The minimum Gasteiger partial charge on any atom is -0.488 e. The molecule has 2 heterocycles. The summed E-state index contributed by atoms with van der Waals surface area (Å²) in [6.45, 7) is 0.590. The van der Waals surface area contributed by atoms with Gasteiger partial charge in [-0.25, -0.2) is 0 Å². The van der Waals surface area contributed by atoms with Gasteiger partial charge in [0.1, 0.15) is 12.4 Å². The van der Waals surface area contributed by atoms with Gasteiger partial charge in [0.05, 0.1) is 16.7 Å². The Morgan fingerprint density at radius 1 is 0.407 bits per heavy atom. The first kappa shape index (κ1) is 33.7. The Morgan fingerprint density at radius 3 is 1.95 bits per heavy atom. The smallest absolute Gasteiger partial charge is 0.129 e. The maximum Gasteiger partial charge on any atom is 0.129 e. The predicted molar refractivity (Wildman–Crippen MR) is 244 cm³/mol. The molecule has 1 aliphatic carbocycles. The van der Waals surface area contributed by atoms with Crippen LogP contribution in [0.5, 0.6) is 5.75 Å². The second kappa shape index (κ2) is 13.6. The molecule has 2 nitrogen and oxygen atoms in total. The van der Waals surface area contributed by atoms with Crippen molar-refractivity contribution in [2.45, 2.75) is 18.9 Å². The van der Waals surface area contributed by atoms with Crippen LogP contribution in [0.25, 0.3) is 83.1 Å². The summed E-state index contributed by atoms with van der Waals surface area (Å²) < 4.78 is 8.75. The minimum absolute atomic E-state index is 0.275. The number of rotatable bonds is 5. The highest BCUT2D eigenvalue weighted by Crippen LogP contribution is 2.47. The van der Waals surface area contributed by atoms with E-state index < -0.39 is 0 Å². The molecule has 1 aliphatic heterocycles. The van der Waals surface area contributed by atoms with E-state index in [-0.39, 0.29) is 5.92 Å². The summed E-state index contributed by atoms with van der Waals surface area (Å²) in [7, 11) is 0. The fourth-order valence-corrected chi connectivity index (χ4v) is 9.83. The lowest BCUT2D eigenvalue weighted by atomic mass is 9.75. The van der Waals surface area contributed by atoms with Gasteiger partial charge in [-0.3, -0.25) is 0 Å². The Morgan fingerprint density at radius 2 is 1.05 bits per heavy atom. The van der Waals surface area contributed by atoms with Crippen molar-refractivity contribution in [2.24, 2.45) is 0 Å². The van der Waals surface area contributed by atoms with Crippen molar-refractivity contribution >= 4 is 21.8 Å². The zero-order chi connectivity index (χ0) is 38.9. The molecule has 9 aromatic carbocycles. The fourth-order valence-electron chi connectivity index (χ4n) is 9.83. The normalized spacial score (nSPS) is 13.9. The van der Waals surface area contributed by atoms with Crippen LogP contribution >= 0.6 is 0 Å². The standard InChI is InChI=1S/C57H39NO/c1-2-12-37(13-3-1)38-24-26-39(27-25-38)40-15-10-16-43(32-40)51-35-44-29-28-41(33-50(44)47-18-6-7-19-48(47)51)42-30-31-54-52(34-42)49-20-8-9-21-53(49)58(54)55-22-11-23-56-57(55)46-17-5-4-14-45(46)36-59-56/h1-34,51H,35-36H2. The molecule has 278 valence electrons. The second-order valence-electron chi connectivity index (χ2n) is 16.0. The van der Waals surface area contributed by atoms with Gasteiger partial charge in [0.2, 0.25) is 0 Å². The molecule has 59 heavy (non-hydrogen) atoms. The van der Waals surface area contributed by atoms with Crippen LogP contribution < -0.4 is 4.74 Å². The monoisotopic (exact) mass is 753 g/mol. The number of para-hydroxylation sites is 1. The number of fused-ring (bicyclic) bond motifs is 9. The summed E-state index contributed by atoms with van der Waals surface area (Å²) in [4.78, 5) is 0. The summed E-state index contributed by atoms with van der Waals surface area (Å²) in [5.41, 5.74) is 21.3. The first-order valence-corrected chi connectivity index (χ1v) is 20.6. The predicted octanol–water partition coefficient (Wildman–Crippen LogP) is 14.7. The topological polar surface area (TPSA) is 14.2 Å². The summed E-state index contributed by atoms with van der Waals surface area (Å²) in [6, 6.07) is 75.8. The maximum absolute atomic E-state index is 6.32. The van der Waals surface area contributed by atoms with Crippen molar-refractivity contribution in [2.75, 3.05) is 0 Å². The molecule has 1 unspecified atom stereocenters. The Labute approximate surface area is 344 Å². The molecule has 0 bridgehead atoms. The number of hydrogen-bond donors (Lipinski definition) is 0. The molecule has 12 rings (SSSR count). The summed E-state index contributed by atoms with van der Waals surface area (Å²) in [6.07, 6.45) is 0.962. The lowest BCUT2D eigenvalue weighted by molar-refractivity contribution is 0.302. The van der Waals surface area contributed by atoms with E-state index in [4.69, 9.17) is 4.74 Å². The van der Waals surface area contributed by atoms with Crippen LogP contribution in [0.4, 0.5) is 0 Å². The van der Waals surface area contributed by atoms with Crippen molar-refractivity contribution in [1.82, 2.24) is 4.57 Å². The third-order valence-electron chi connectivity index (χ3n) is 12.7. The second-order valence-corrected chi connectivity index (χ2v) is 16.0. The van der Waals surface area contributed by atoms with Gasteiger partial charge in [-0.1, -0.05) is 170 Å². The van der Waals surface area contributed by atoms with Crippen molar-refractivity contribution in [3.05, 3.63) is 229 Å². The number of aromatic nitrogens is 1. The van der Waals surface area contributed by atoms with E-state index in [9.17, 15) is 0 Å². The van der Waals surface area contributed by atoms with Crippen molar-refractivity contribution < 1.29 is 4.74 Å². The molecular weight excluding hydrogens is 715 g/mol. The van der Waals surface area contributed by atoms with Gasteiger partial charge in [-0.05, 0) is 115 Å². The summed E-state index contributed by atoms with van der Waals surface area (Å²) in [5, 5.41) is 2.49. The van der Waals surface area contributed by atoms with Crippen LogP contribution in [-0.2, 0) is 13.0 Å². The van der Waals surface area contributed by atoms with Crippen LogP contribution in [0, 0.1) is 0 Å².